The molecular weight excluding hydrogens is 379 g/mol. The fourth-order valence-corrected chi connectivity index (χ4v) is 3.47. The molecule has 2 aromatic carbocycles. The number of thioether (sulfide) groups is 1. The minimum atomic E-state index is 0.120. The van der Waals surface area contributed by atoms with Gasteiger partial charge in [-0.2, -0.15) is 0 Å². The maximum atomic E-state index is 12.0. The Labute approximate surface area is 140 Å². The summed E-state index contributed by atoms with van der Waals surface area (Å²) in [7, 11) is 0. The molecule has 0 amide bonds. The first-order chi connectivity index (χ1) is 9.56. The second-order valence-electron chi connectivity index (χ2n) is 4.17. The molecule has 0 saturated carbocycles. The lowest BCUT2D eigenvalue weighted by atomic mass is 10.1. The van der Waals surface area contributed by atoms with Crippen LogP contribution in [0.4, 0.5) is 0 Å². The molecule has 104 valence electrons. The average molecular weight is 390 g/mol. The van der Waals surface area contributed by atoms with Crippen molar-refractivity contribution in [3.63, 3.8) is 0 Å². The van der Waals surface area contributed by atoms with Crippen molar-refractivity contribution in [2.75, 3.05) is 5.75 Å². The number of benzene rings is 2. The molecule has 0 saturated heterocycles. The standard InChI is InChI=1S/C15H11BrCl2OS/c16-13-3-1-2-4-15(13)20-9-12(19)8-10-7-11(17)5-6-14(10)18/h1-7H,8-9H2. The molecule has 2 aromatic rings. The lowest BCUT2D eigenvalue weighted by molar-refractivity contribution is -0.116. The smallest absolute Gasteiger partial charge is 0.147 e. The van der Waals surface area contributed by atoms with Crippen molar-refractivity contribution in [3.8, 4) is 0 Å². The third-order valence-electron chi connectivity index (χ3n) is 2.62. The number of rotatable bonds is 5. The van der Waals surface area contributed by atoms with Crippen LogP contribution in [0.1, 0.15) is 5.56 Å². The largest absolute Gasteiger partial charge is 0.298 e. The molecule has 0 heterocycles. The summed E-state index contributed by atoms with van der Waals surface area (Å²) in [5.74, 6) is 0.528. The Balaban J connectivity index is 1.96. The van der Waals surface area contributed by atoms with Crippen LogP contribution in [0.25, 0.3) is 0 Å². The van der Waals surface area contributed by atoms with Crippen molar-refractivity contribution in [2.24, 2.45) is 0 Å². The second-order valence-corrected chi connectivity index (χ2v) is 6.89. The first-order valence-corrected chi connectivity index (χ1v) is 8.42. The Hall–Kier alpha value is -0.480. The third kappa shape index (κ3) is 4.52. The highest BCUT2D eigenvalue weighted by atomic mass is 79.9. The van der Waals surface area contributed by atoms with Crippen LogP contribution in [0, 0.1) is 0 Å². The molecule has 0 radical (unpaired) electrons. The van der Waals surface area contributed by atoms with Gasteiger partial charge in [-0.25, -0.2) is 0 Å². The highest BCUT2D eigenvalue weighted by molar-refractivity contribution is 9.10. The predicted octanol–water partition coefficient (Wildman–Crippen LogP) is 5.66. The van der Waals surface area contributed by atoms with Crippen molar-refractivity contribution in [1.82, 2.24) is 0 Å². The van der Waals surface area contributed by atoms with E-state index in [2.05, 4.69) is 15.9 Å². The van der Waals surface area contributed by atoms with E-state index in [1.54, 1.807) is 18.2 Å². The van der Waals surface area contributed by atoms with Gasteiger partial charge in [0.2, 0.25) is 0 Å². The van der Waals surface area contributed by atoms with E-state index in [1.807, 2.05) is 24.3 Å². The van der Waals surface area contributed by atoms with Gasteiger partial charge in [0.1, 0.15) is 5.78 Å². The molecule has 0 atom stereocenters. The zero-order chi connectivity index (χ0) is 14.5. The maximum absolute atomic E-state index is 12.0. The Morgan fingerprint density at radius 3 is 2.65 bits per heavy atom. The van der Waals surface area contributed by atoms with Gasteiger partial charge >= 0.3 is 0 Å². The zero-order valence-corrected chi connectivity index (χ0v) is 14.3. The van der Waals surface area contributed by atoms with E-state index in [0.29, 0.717) is 22.2 Å². The molecular formula is C15H11BrCl2OS. The molecule has 0 spiro atoms. The normalized spacial score (nSPS) is 10.6. The molecule has 0 fully saturated rings. The number of halogens is 3. The fraction of sp³-hybridized carbons (Fsp3) is 0.133. The minimum absolute atomic E-state index is 0.120. The molecule has 20 heavy (non-hydrogen) atoms. The van der Waals surface area contributed by atoms with Crippen LogP contribution in [0.5, 0.6) is 0 Å². The number of carbonyl (C=O) groups is 1. The summed E-state index contributed by atoms with van der Waals surface area (Å²) in [6, 6.07) is 13.0. The lowest BCUT2D eigenvalue weighted by Crippen LogP contribution is -2.06. The molecule has 1 nitrogen and oxygen atoms in total. The van der Waals surface area contributed by atoms with Crippen LogP contribution >= 0.6 is 50.9 Å². The van der Waals surface area contributed by atoms with Crippen LogP contribution in [0.15, 0.2) is 51.8 Å². The zero-order valence-electron chi connectivity index (χ0n) is 10.4. The summed E-state index contributed by atoms with van der Waals surface area (Å²) < 4.78 is 0.999. The summed E-state index contributed by atoms with van der Waals surface area (Å²) in [5, 5.41) is 1.17. The van der Waals surface area contributed by atoms with E-state index in [0.717, 1.165) is 14.9 Å². The van der Waals surface area contributed by atoms with Gasteiger partial charge < -0.3 is 0 Å². The van der Waals surface area contributed by atoms with Gasteiger partial charge in [-0.15, -0.1) is 11.8 Å². The SMILES string of the molecule is O=C(CSc1ccccc1Br)Cc1cc(Cl)ccc1Cl. The van der Waals surface area contributed by atoms with E-state index in [4.69, 9.17) is 23.2 Å². The quantitative estimate of drug-likeness (QED) is 0.613. The fourth-order valence-electron chi connectivity index (χ4n) is 1.66. The molecule has 0 aliphatic rings. The van der Waals surface area contributed by atoms with Gasteiger partial charge in [0.15, 0.2) is 0 Å². The van der Waals surface area contributed by atoms with Gasteiger partial charge in [0.05, 0.1) is 5.75 Å². The Bertz CT molecular complexity index is 631. The van der Waals surface area contributed by atoms with Crippen molar-refractivity contribution in [3.05, 3.63) is 62.5 Å². The Morgan fingerprint density at radius 2 is 1.90 bits per heavy atom. The Kier molecular flexibility index (Phi) is 5.97. The molecule has 0 aliphatic carbocycles. The minimum Gasteiger partial charge on any atom is -0.298 e. The highest BCUT2D eigenvalue weighted by Crippen LogP contribution is 2.28. The van der Waals surface area contributed by atoms with Crippen LogP contribution in [0.2, 0.25) is 10.0 Å². The summed E-state index contributed by atoms with van der Waals surface area (Å²) >= 11 is 16.9. The van der Waals surface area contributed by atoms with Gasteiger partial charge in [-0.05, 0) is 51.8 Å². The molecule has 0 N–H and O–H groups in total. The van der Waals surface area contributed by atoms with E-state index in [9.17, 15) is 4.79 Å². The van der Waals surface area contributed by atoms with E-state index in [1.165, 1.54) is 11.8 Å². The maximum Gasteiger partial charge on any atom is 0.147 e. The molecule has 0 aromatic heterocycles. The predicted molar refractivity (Wildman–Crippen MR) is 90.0 cm³/mol. The number of hydrogen-bond acceptors (Lipinski definition) is 2. The van der Waals surface area contributed by atoms with Crippen molar-refractivity contribution in [2.45, 2.75) is 11.3 Å². The van der Waals surface area contributed by atoms with Gasteiger partial charge in [0.25, 0.3) is 0 Å². The summed E-state index contributed by atoms with van der Waals surface area (Å²) in [5.41, 5.74) is 0.775. The lowest BCUT2D eigenvalue weighted by Gasteiger charge is -2.06. The first kappa shape index (κ1) is 15.9. The summed E-state index contributed by atoms with van der Waals surface area (Å²) in [6.45, 7) is 0. The van der Waals surface area contributed by atoms with Crippen LogP contribution in [-0.4, -0.2) is 11.5 Å². The van der Waals surface area contributed by atoms with Crippen LogP contribution in [-0.2, 0) is 11.2 Å². The summed E-state index contributed by atoms with van der Waals surface area (Å²) in [6.07, 6.45) is 0.302. The highest BCUT2D eigenvalue weighted by Gasteiger charge is 2.09. The van der Waals surface area contributed by atoms with Crippen LogP contribution < -0.4 is 0 Å². The molecule has 5 heteroatoms. The molecule has 0 unspecified atom stereocenters. The van der Waals surface area contributed by atoms with Gasteiger partial charge in [-0.3, -0.25) is 4.79 Å². The number of hydrogen-bond donors (Lipinski definition) is 0. The number of Topliss-reactive ketones (excluding diaryl/α,β-unsaturated/α-hetero) is 1. The van der Waals surface area contributed by atoms with Crippen molar-refractivity contribution < 1.29 is 4.79 Å². The van der Waals surface area contributed by atoms with E-state index >= 15 is 0 Å². The van der Waals surface area contributed by atoms with E-state index in [-0.39, 0.29) is 5.78 Å². The first-order valence-electron chi connectivity index (χ1n) is 5.89. The number of ketones is 1. The monoisotopic (exact) mass is 388 g/mol. The molecule has 2 rings (SSSR count). The van der Waals surface area contributed by atoms with Crippen molar-refractivity contribution >= 4 is 56.7 Å². The van der Waals surface area contributed by atoms with Crippen LogP contribution in [0.3, 0.4) is 0 Å². The number of carbonyl (C=O) groups excluding carboxylic acids is 1. The average Bonchev–Trinajstić information content (AvgIpc) is 2.42. The second kappa shape index (κ2) is 7.51. The molecule has 0 bridgehead atoms. The van der Waals surface area contributed by atoms with Gasteiger partial charge in [-0.1, -0.05) is 35.3 Å². The van der Waals surface area contributed by atoms with E-state index < -0.39 is 0 Å². The topological polar surface area (TPSA) is 17.1 Å². The Morgan fingerprint density at radius 1 is 1.15 bits per heavy atom. The summed E-state index contributed by atoms with van der Waals surface area (Å²) in [4.78, 5) is 13.1. The molecule has 0 aliphatic heterocycles. The third-order valence-corrected chi connectivity index (χ3v) is 5.31. The van der Waals surface area contributed by atoms with Crippen molar-refractivity contribution in [1.29, 1.82) is 0 Å². The van der Waals surface area contributed by atoms with Gasteiger partial charge in [0, 0.05) is 25.8 Å².